The van der Waals surface area contributed by atoms with Gasteiger partial charge in [-0.25, -0.2) is 8.78 Å². The molecular formula is C12H15BrF2N2O. The third kappa shape index (κ3) is 3.49. The lowest BCUT2D eigenvalue weighted by Crippen LogP contribution is -2.45. The lowest BCUT2D eigenvalue weighted by Gasteiger charge is -2.26. The zero-order chi connectivity index (χ0) is 14.1. The summed E-state index contributed by atoms with van der Waals surface area (Å²) in [7, 11) is 0. The van der Waals surface area contributed by atoms with Gasteiger partial charge < -0.3 is 11.1 Å². The Bertz CT molecular complexity index is 449. The molecule has 0 aliphatic rings. The minimum Gasteiger partial charge on any atom is -0.321 e. The first-order valence-electron chi connectivity index (χ1n) is 5.34. The van der Waals surface area contributed by atoms with Gasteiger partial charge in [-0.2, -0.15) is 0 Å². The van der Waals surface area contributed by atoms with Crippen molar-refractivity contribution in [3.8, 4) is 0 Å². The third-order valence-electron chi connectivity index (χ3n) is 2.47. The van der Waals surface area contributed by atoms with Crippen molar-refractivity contribution < 1.29 is 13.6 Å². The minimum absolute atomic E-state index is 0.110. The Morgan fingerprint density at radius 2 is 1.94 bits per heavy atom. The summed E-state index contributed by atoms with van der Waals surface area (Å²) < 4.78 is 26.5. The molecule has 0 heterocycles. The van der Waals surface area contributed by atoms with Gasteiger partial charge in [-0.15, -0.1) is 0 Å². The Kier molecular flexibility index (Phi) is 4.45. The smallest absolute Gasteiger partial charge is 0.241 e. The predicted molar refractivity (Wildman–Crippen MR) is 70.1 cm³/mol. The van der Waals surface area contributed by atoms with E-state index < -0.39 is 29.0 Å². The highest BCUT2D eigenvalue weighted by atomic mass is 79.9. The zero-order valence-electron chi connectivity index (χ0n) is 10.4. The maximum atomic E-state index is 13.5. The van der Waals surface area contributed by atoms with Gasteiger partial charge in [-0.1, -0.05) is 20.8 Å². The SMILES string of the molecule is CC(C)(C)C(N)C(=O)Nc1c(F)cc(F)cc1Br. The Morgan fingerprint density at radius 1 is 1.39 bits per heavy atom. The van der Waals surface area contributed by atoms with Gasteiger partial charge >= 0.3 is 0 Å². The van der Waals surface area contributed by atoms with E-state index in [1.807, 2.05) is 0 Å². The number of nitrogens with two attached hydrogens (primary N) is 1. The van der Waals surface area contributed by atoms with Crippen LogP contribution in [0.2, 0.25) is 0 Å². The van der Waals surface area contributed by atoms with Crippen LogP contribution < -0.4 is 11.1 Å². The molecule has 0 saturated carbocycles. The molecule has 6 heteroatoms. The van der Waals surface area contributed by atoms with Crippen LogP contribution in [-0.2, 0) is 4.79 Å². The van der Waals surface area contributed by atoms with Crippen molar-refractivity contribution in [3.63, 3.8) is 0 Å². The first-order chi connectivity index (χ1) is 8.12. The summed E-state index contributed by atoms with van der Waals surface area (Å²) >= 11 is 2.99. The van der Waals surface area contributed by atoms with Gasteiger partial charge in [0.1, 0.15) is 5.82 Å². The van der Waals surface area contributed by atoms with Gasteiger partial charge in [0.2, 0.25) is 5.91 Å². The number of hydrogen-bond acceptors (Lipinski definition) is 2. The molecule has 1 amide bonds. The summed E-state index contributed by atoms with van der Waals surface area (Å²) in [5.74, 6) is -2.09. The number of nitrogens with one attached hydrogen (secondary N) is 1. The van der Waals surface area contributed by atoms with E-state index in [4.69, 9.17) is 5.73 Å². The number of carbonyl (C=O) groups excluding carboxylic acids is 1. The first kappa shape index (κ1) is 15.0. The fourth-order valence-corrected chi connectivity index (χ4v) is 1.76. The van der Waals surface area contributed by atoms with Crippen LogP contribution >= 0.6 is 15.9 Å². The molecule has 0 aromatic heterocycles. The Morgan fingerprint density at radius 3 is 2.39 bits per heavy atom. The van der Waals surface area contributed by atoms with Crippen LogP contribution in [0.25, 0.3) is 0 Å². The number of anilines is 1. The summed E-state index contributed by atoms with van der Waals surface area (Å²) in [6.07, 6.45) is 0. The van der Waals surface area contributed by atoms with Crippen molar-refractivity contribution in [1.29, 1.82) is 0 Å². The van der Waals surface area contributed by atoms with Crippen LogP contribution in [0.3, 0.4) is 0 Å². The fourth-order valence-electron chi connectivity index (χ4n) is 1.26. The molecular weight excluding hydrogens is 306 g/mol. The molecule has 0 saturated heterocycles. The summed E-state index contributed by atoms with van der Waals surface area (Å²) in [4.78, 5) is 11.8. The zero-order valence-corrected chi connectivity index (χ0v) is 11.9. The van der Waals surface area contributed by atoms with Gasteiger partial charge in [0.25, 0.3) is 0 Å². The van der Waals surface area contributed by atoms with E-state index in [-0.39, 0.29) is 10.2 Å². The quantitative estimate of drug-likeness (QED) is 0.880. The first-order valence-corrected chi connectivity index (χ1v) is 6.13. The largest absolute Gasteiger partial charge is 0.321 e. The molecule has 1 aromatic rings. The summed E-state index contributed by atoms with van der Waals surface area (Å²) in [6.45, 7) is 5.40. The van der Waals surface area contributed by atoms with Crippen molar-refractivity contribution in [2.75, 3.05) is 5.32 Å². The second-order valence-corrected chi connectivity index (χ2v) is 5.93. The average molecular weight is 321 g/mol. The Hall–Kier alpha value is -1.01. The molecule has 0 bridgehead atoms. The van der Waals surface area contributed by atoms with E-state index in [0.29, 0.717) is 6.07 Å². The number of amides is 1. The standard InChI is InChI=1S/C12H15BrF2N2O/c1-12(2,3)10(16)11(18)17-9-7(13)4-6(14)5-8(9)15/h4-5,10H,16H2,1-3H3,(H,17,18). The molecule has 0 aliphatic carbocycles. The highest BCUT2D eigenvalue weighted by molar-refractivity contribution is 9.10. The maximum Gasteiger partial charge on any atom is 0.241 e. The van der Waals surface area contributed by atoms with Gasteiger partial charge in [-0.3, -0.25) is 4.79 Å². The van der Waals surface area contributed by atoms with E-state index in [1.54, 1.807) is 20.8 Å². The van der Waals surface area contributed by atoms with Crippen molar-refractivity contribution in [2.45, 2.75) is 26.8 Å². The highest BCUT2D eigenvalue weighted by Gasteiger charge is 2.28. The van der Waals surface area contributed by atoms with Gasteiger partial charge in [0, 0.05) is 10.5 Å². The molecule has 1 atom stereocenters. The molecule has 100 valence electrons. The molecule has 3 N–H and O–H groups in total. The van der Waals surface area contributed by atoms with Crippen LogP contribution in [0.1, 0.15) is 20.8 Å². The number of hydrogen-bond donors (Lipinski definition) is 2. The molecule has 1 aromatic carbocycles. The molecule has 18 heavy (non-hydrogen) atoms. The summed E-state index contributed by atoms with van der Waals surface area (Å²) in [5.41, 5.74) is 5.19. The monoisotopic (exact) mass is 320 g/mol. The van der Waals surface area contributed by atoms with Gasteiger partial charge in [0.05, 0.1) is 11.7 Å². The average Bonchev–Trinajstić information content (AvgIpc) is 2.20. The summed E-state index contributed by atoms with van der Waals surface area (Å²) in [6, 6.07) is 0.971. The van der Waals surface area contributed by atoms with Crippen LogP contribution in [0.5, 0.6) is 0 Å². The van der Waals surface area contributed by atoms with E-state index in [0.717, 1.165) is 6.07 Å². The molecule has 0 radical (unpaired) electrons. The number of rotatable bonds is 2. The lowest BCUT2D eigenvalue weighted by molar-refractivity contribution is -0.119. The second-order valence-electron chi connectivity index (χ2n) is 5.08. The van der Waals surface area contributed by atoms with Crippen molar-refractivity contribution in [1.82, 2.24) is 0 Å². The molecule has 3 nitrogen and oxygen atoms in total. The molecule has 0 fully saturated rings. The summed E-state index contributed by atoms with van der Waals surface area (Å²) in [5, 5.41) is 2.36. The second kappa shape index (κ2) is 5.32. The van der Waals surface area contributed by atoms with Crippen LogP contribution in [-0.4, -0.2) is 11.9 Å². The fraction of sp³-hybridized carbons (Fsp3) is 0.417. The number of halogens is 3. The topological polar surface area (TPSA) is 55.1 Å². The van der Waals surface area contributed by atoms with Crippen molar-refractivity contribution >= 4 is 27.5 Å². The Balaban J connectivity index is 2.96. The minimum atomic E-state index is -0.851. The van der Waals surface area contributed by atoms with E-state index in [2.05, 4.69) is 21.2 Å². The van der Waals surface area contributed by atoms with Crippen LogP contribution in [0, 0.1) is 17.0 Å². The predicted octanol–water partition coefficient (Wildman–Crippen LogP) is 3.04. The molecule has 1 unspecified atom stereocenters. The Labute approximate surface area is 113 Å². The van der Waals surface area contributed by atoms with Crippen molar-refractivity contribution in [3.05, 3.63) is 28.2 Å². The van der Waals surface area contributed by atoms with E-state index >= 15 is 0 Å². The van der Waals surface area contributed by atoms with Crippen molar-refractivity contribution in [2.24, 2.45) is 11.1 Å². The van der Waals surface area contributed by atoms with Gasteiger partial charge in [0.15, 0.2) is 5.82 Å². The third-order valence-corrected chi connectivity index (χ3v) is 3.10. The normalized spacial score (nSPS) is 13.3. The molecule has 0 spiro atoms. The molecule has 1 rings (SSSR count). The maximum absolute atomic E-state index is 13.5. The lowest BCUT2D eigenvalue weighted by atomic mass is 9.87. The van der Waals surface area contributed by atoms with E-state index in [1.165, 1.54) is 0 Å². The molecule has 0 aliphatic heterocycles. The van der Waals surface area contributed by atoms with Crippen LogP contribution in [0.4, 0.5) is 14.5 Å². The van der Waals surface area contributed by atoms with Gasteiger partial charge in [-0.05, 0) is 27.4 Å². The van der Waals surface area contributed by atoms with E-state index in [9.17, 15) is 13.6 Å². The van der Waals surface area contributed by atoms with Crippen LogP contribution in [0.15, 0.2) is 16.6 Å². The number of benzene rings is 1. The highest BCUT2D eigenvalue weighted by Crippen LogP contribution is 2.28. The number of carbonyl (C=O) groups is 1.